The molecule has 2 aromatic carbocycles. The second-order valence-corrected chi connectivity index (χ2v) is 8.36. The summed E-state index contributed by atoms with van der Waals surface area (Å²) in [6, 6.07) is 10.1. The monoisotopic (exact) mass is 343 g/mol. The Labute approximate surface area is 154 Å². The van der Waals surface area contributed by atoms with Gasteiger partial charge < -0.3 is 10.0 Å². The van der Waals surface area contributed by atoms with Gasteiger partial charge in [0.05, 0.1) is 0 Å². The summed E-state index contributed by atoms with van der Waals surface area (Å²) in [7, 11) is 0. The maximum absolute atomic E-state index is 10.6. The van der Waals surface area contributed by atoms with Crippen molar-refractivity contribution in [3.05, 3.63) is 64.2 Å². The van der Waals surface area contributed by atoms with Gasteiger partial charge >= 0.3 is 0 Å². The molecular weight excluding hydrogens is 318 g/mol. The van der Waals surface area contributed by atoms with Gasteiger partial charge in [-0.3, -0.25) is 0 Å². The Bertz CT molecular complexity index is 1090. The first-order chi connectivity index (χ1) is 12.5. The first-order valence-electron chi connectivity index (χ1n) is 9.72. The number of aromatic hydroxyl groups is 1. The summed E-state index contributed by atoms with van der Waals surface area (Å²) in [6.45, 7) is 6.93. The van der Waals surface area contributed by atoms with Crippen molar-refractivity contribution in [1.82, 2.24) is 4.90 Å². The maximum Gasteiger partial charge on any atom is 0.124 e. The van der Waals surface area contributed by atoms with Crippen molar-refractivity contribution in [2.24, 2.45) is 5.41 Å². The second kappa shape index (κ2) is 5.51. The summed E-state index contributed by atoms with van der Waals surface area (Å²) < 4.78 is 0. The Hall–Kier alpha value is -2.48. The highest BCUT2D eigenvalue weighted by atomic mass is 16.3. The molecule has 2 aliphatic carbocycles. The molecule has 0 bridgehead atoms. The Morgan fingerprint density at radius 1 is 0.962 bits per heavy atom. The van der Waals surface area contributed by atoms with E-state index in [1.165, 1.54) is 46.5 Å². The van der Waals surface area contributed by atoms with Gasteiger partial charge in [-0.15, -0.1) is 0 Å². The largest absolute Gasteiger partial charge is 0.507 e. The number of hydrogen-bond donors (Lipinski definition) is 1. The zero-order chi connectivity index (χ0) is 17.9. The van der Waals surface area contributed by atoms with Crippen LogP contribution in [0.15, 0.2) is 53.8 Å². The molecule has 2 nitrogen and oxygen atoms in total. The van der Waals surface area contributed by atoms with Crippen LogP contribution in [-0.4, -0.2) is 23.1 Å². The second-order valence-electron chi connectivity index (χ2n) is 8.36. The Morgan fingerprint density at radius 2 is 1.69 bits per heavy atom. The van der Waals surface area contributed by atoms with Crippen molar-refractivity contribution in [3.8, 4) is 5.75 Å². The van der Waals surface area contributed by atoms with E-state index in [2.05, 4.69) is 49.1 Å². The lowest BCUT2D eigenvalue weighted by Crippen LogP contribution is -2.33. The number of piperidine rings is 1. The zero-order valence-electron chi connectivity index (χ0n) is 15.5. The number of phenols is 1. The number of likely N-dealkylation sites (tertiary alicyclic amines) is 1. The van der Waals surface area contributed by atoms with Crippen LogP contribution in [0.2, 0.25) is 0 Å². The highest BCUT2D eigenvalue weighted by molar-refractivity contribution is 5.96. The summed E-state index contributed by atoms with van der Waals surface area (Å²) in [4.78, 5) is 2.54. The minimum Gasteiger partial charge on any atom is -0.507 e. The number of rotatable bonds is 1. The Morgan fingerprint density at radius 3 is 2.46 bits per heavy atom. The summed E-state index contributed by atoms with van der Waals surface area (Å²) in [6.07, 6.45) is 11.0. The fourth-order valence-corrected chi connectivity index (χ4v) is 4.93. The molecule has 1 fully saturated rings. The van der Waals surface area contributed by atoms with Gasteiger partial charge in [0.25, 0.3) is 0 Å². The van der Waals surface area contributed by atoms with Gasteiger partial charge in [0.2, 0.25) is 0 Å². The van der Waals surface area contributed by atoms with Crippen molar-refractivity contribution in [3.63, 3.8) is 0 Å². The third-order valence-corrected chi connectivity index (χ3v) is 6.10. The van der Waals surface area contributed by atoms with E-state index in [9.17, 15) is 5.11 Å². The Balaban J connectivity index is 1.76. The minimum absolute atomic E-state index is 0.0481. The summed E-state index contributed by atoms with van der Waals surface area (Å²) in [5.74, 6) is 0.378. The van der Waals surface area contributed by atoms with Crippen LogP contribution in [0.4, 0.5) is 0 Å². The molecule has 5 rings (SSSR count). The third kappa shape index (κ3) is 2.25. The molecule has 2 heteroatoms. The van der Waals surface area contributed by atoms with E-state index in [0.29, 0.717) is 5.75 Å². The van der Waals surface area contributed by atoms with Gasteiger partial charge in [-0.05, 0) is 64.5 Å². The van der Waals surface area contributed by atoms with E-state index in [1.54, 1.807) is 0 Å². The number of allylic oxidation sites excluding steroid dienone is 3. The highest BCUT2D eigenvalue weighted by Crippen LogP contribution is 2.42. The molecule has 1 N–H and O–H groups in total. The lowest BCUT2D eigenvalue weighted by molar-refractivity contribution is 0.289. The van der Waals surface area contributed by atoms with Crippen molar-refractivity contribution >= 4 is 22.4 Å². The number of hydrogen-bond acceptors (Lipinski definition) is 2. The third-order valence-electron chi connectivity index (χ3n) is 6.10. The van der Waals surface area contributed by atoms with Crippen LogP contribution in [0.5, 0.6) is 5.75 Å². The number of fused-ring (bicyclic) bond motifs is 4. The van der Waals surface area contributed by atoms with Crippen molar-refractivity contribution in [2.45, 2.75) is 33.1 Å². The first kappa shape index (κ1) is 15.7. The normalized spacial score (nSPS) is 21.0. The average Bonchev–Trinajstić information content (AvgIpc) is 3.02. The van der Waals surface area contributed by atoms with Gasteiger partial charge in [0.1, 0.15) is 5.75 Å². The van der Waals surface area contributed by atoms with Gasteiger partial charge in [-0.1, -0.05) is 44.2 Å². The molecule has 1 saturated heterocycles. The van der Waals surface area contributed by atoms with E-state index in [1.807, 2.05) is 18.2 Å². The van der Waals surface area contributed by atoms with Crippen LogP contribution in [0.1, 0.15) is 33.1 Å². The van der Waals surface area contributed by atoms with Crippen LogP contribution >= 0.6 is 0 Å². The molecule has 0 unspecified atom stereocenters. The van der Waals surface area contributed by atoms with Crippen LogP contribution < -0.4 is 10.4 Å². The molecule has 2 aromatic rings. The lowest BCUT2D eigenvalue weighted by atomic mass is 9.76. The predicted octanol–water partition coefficient (Wildman–Crippen LogP) is 3.83. The van der Waals surface area contributed by atoms with Gasteiger partial charge in [-0.2, -0.15) is 0 Å². The van der Waals surface area contributed by atoms with Gasteiger partial charge in [0.15, 0.2) is 0 Å². The van der Waals surface area contributed by atoms with Crippen LogP contribution in [0.25, 0.3) is 22.4 Å². The average molecular weight is 343 g/mol. The number of benzene rings is 2. The van der Waals surface area contributed by atoms with Crippen LogP contribution in [0.3, 0.4) is 0 Å². The van der Waals surface area contributed by atoms with Crippen molar-refractivity contribution in [1.29, 1.82) is 0 Å². The topological polar surface area (TPSA) is 23.5 Å². The minimum atomic E-state index is -0.0481. The fraction of sp³-hybridized carbons (Fsp3) is 0.333. The van der Waals surface area contributed by atoms with E-state index in [4.69, 9.17) is 0 Å². The summed E-state index contributed by atoms with van der Waals surface area (Å²) in [5, 5.41) is 15.1. The molecular formula is C24H25NO. The molecule has 0 aromatic heterocycles. The molecule has 1 aliphatic heterocycles. The summed E-state index contributed by atoms with van der Waals surface area (Å²) in [5.41, 5.74) is 3.97. The number of nitrogens with zero attached hydrogens (tertiary/aromatic N) is 1. The molecule has 26 heavy (non-hydrogen) atoms. The predicted molar refractivity (Wildman–Crippen MR) is 108 cm³/mol. The first-order valence-corrected chi connectivity index (χ1v) is 9.72. The standard InChI is InChI=1S/C24H25NO/c1-24(2)15-17(25-10-6-3-7-11-25)12-16-13-20-18-8-4-5-9-19(18)22(26)14-21(20)23(16)24/h4-5,8-9,12-15,26H,3,6-7,10-11H2,1-2H3. The molecule has 3 aliphatic rings. The summed E-state index contributed by atoms with van der Waals surface area (Å²) >= 11 is 0. The molecule has 132 valence electrons. The van der Waals surface area contributed by atoms with Crippen LogP contribution in [0, 0.1) is 5.41 Å². The zero-order valence-corrected chi connectivity index (χ0v) is 15.5. The number of phenolic OH excluding ortho intramolecular Hbond substituents is 1. The SMILES string of the molecule is CC1(C)C=C(N2CCCCC2)C=C2C=c3c(cc(O)c4ccccc34)=C21. The van der Waals surface area contributed by atoms with Gasteiger partial charge in [0, 0.05) is 29.6 Å². The smallest absolute Gasteiger partial charge is 0.124 e. The van der Waals surface area contributed by atoms with E-state index < -0.39 is 0 Å². The van der Waals surface area contributed by atoms with E-state index in [0.717, 1.165) is 23.9 Å². The molecule has 0 radical (unpaired) electrons. The Kier molecular flexibility index (Phi) is 3.34. The molecule has 0 spiro atoms. The fourth-order valence-electron chi connectivity index (χ4n) is 4.93. The maximum atomic E-state index is 10.6. The molecule has 0 saturated carbocycles. The highest BCUT2D eigenvalue weighted by Gasteiger charge is 2.32. The molecule has 0 atom stereocenters. The molecule has 0 amide bonds. The van der Waals surface area contributed by atoms with E-state index in [-0.39, 0.29) is 5.41 Å². The van der Waals surface area contributed by atoms with Crippen LogP contribution in [-0.2, 0) is 0 Å². The van der Waals surface area contributed by atoms with Crippen molar-refractivity contribution in [2.75, 3.05) is 13.1 Å². The van der Waals surface area contributed by atoms with Gasteiger partial charge in [-0.25, -0.2) is 0 Å². The molecule has 1 heterocycles. The quantitative estimate of drug-likeness (QED) is 0.851. The lowest BCUT2D eigenvalue weighted by Gasteiger charge is -2.36. The van der Waals surface area contributed by atoms with Crippen molar-refractivity contribution < 1.29 is 5.11 Å². The van der Waals surface area contributed by atoms with E-state index >= 15 is 0 Å².